The van der Waals surface area contributed by atoms with Crippen LogP contribution >= 0.6 is 11.6 Å². The lowest BCUT2D eigenvalue weighted by molar-refractivity contribution is -0.203. The third-order valence-corrected chi connectivity index (χ3v) is 10.7. The first-order chi connectivity index (χ1) is 16.8. The number of alkyl halides is 1. The Balaban J connectivity index is 1.80. The van der Waals surface area contributed by atoms with Crippen molar-refractivity contribution < 1.29 is 33.8 Å². The molecular weight excluding hydrogens is 484 g/mol. The number of ketones is 2. The molecule has 0 aromatic heterocycles. The van der Waals surface area contributed by atoms with Crippen LogP contribution in [0.15, 0.2) is 23.8 Å². The molecule has 7 nitrogen and oxygen atoms in total. The fourth-order valence-electron chi connectivity index (χ4n) is 8.01. The van der Waals surface area contributed by atoms with E-state index in [4.69, 9.17) is 21.1 Å². The molecule has 8 atom stereocenters. The summed E-state index contributed by atoms with van der Waals surface area (Å²) in [6.07, 6.45) is 6.18. The second kappa shape index (κ2) is 9.09. The van der Waals surface area contributed by atoms with Crippen LogP contribution < -0.4 is 0 Å². The van der Waals surface area contributed by atoms with Gasteiger partial charge in [0.15, 0.2) is 18.0 Å². The summed E-state index contributed by atoms with van der Waals surface area (Å²) in [7, 11) is 0. The Morgan fingerprint density at radius 1 is 1.14 bits per heavy atom. The molecule has 1 N–H and O–H groups in total. The molecule has 4 aliphatic rings. The Hall–Kier alpha value is -1.99. The van der Waals surface area contributed by atoms with Gasteiger partial charge in [0.25, 0.3) is 0 Å². The van der Waals surface area contributed by atoms with Crippen molar-refractivity contribution in [2.45, 2.75) is 89.7 Å². The van der Waals surface area contributed by atoms with Crippen molar-refractivity contribution in [3.63, 3.8) is 0 Å². The molecule has 0 heterocycles. The Bertz CT molecular complexity index is 1050. The van der Waals surface area contributed by atoms with Gasteiger partial charge in [-0.15, -0.1) is 11.6 Å². The molecule has 4 aliphatic carbocycles. The summed E-state index contributed by atoms with van der Waals surface area (Å²) in [5.74, 6) is -2.24. The predicted octanol–water partition coefficient (Wildman–Crippen LogP) is 4.09. The molecule has 0 aliphatic heterocycles. The minimum Gasteiger partial charge on any atom is -0.457 e. The van der Waals surface area contributed by atoms with E-state index in [1.165, 1.54) is 6.08 Å². The van der Waals surface area contributed by atoms with Crippen LogP contribution in [0.4, 0.5) is 0 Å². The van der Waals surface area contributed by atoms with Crippen molar-refractivity contribution in [2.75, 3.05) is 6.61 Å². The number of carbonyl (C=O) groups excluding carboxylic acids is 4. The smallest absolute Gasteiger partial charge is 0.306 e. The van der Waals surface area contributed by atoms with Gasteiger partial charge in [0.05, 0.1) is 11.0 Å². The van der Waals surface area contributed by atoms with Gasteiger partial charge in [0.1, 0.15) is 0 Å². The van der Waals surface area contributed by atoms with Crippen molar-refractivity contribution in [2.24, 2.45) is 28.6 Å². The van der Waals surface area contributed by atoms with Crippen LogP contribution in [0.25, 0.3) is 0 Å². The number of Topliss-reactive ketones (excluding diaryl/α,β-unsaturated/α-hetero) is 1. The fourth-order valence-corrected chi connectivity index (χ4v) is 8.53. The highest BCUT2D eigenvalue weighted by Gasteiger charge is 2.76. The predicted molar refractivity (Wildman–Crippen MR) is 133 cm³/mol. The molecule has 8 heteroatoms. The summed E-state index contributed by atoms with van der Waals surface area (Å²) in [6.45, 7) is 8.61. The first kappa shape index (κ1) is 27.1. The van der Waals surface area contributed by atoms with Crippen molar-refractivity contribution in [1.29, 1.82) is 0 Å². The maximum Gasteiger partial charge on any atom is 0.306 e. The van der Waals surface area contributed by atoms with Crippen molar-refractivity contribution in [3.05, 3.63) is 23.8 Å². The number of hydrogen-bond donors (Lipinski definition) is 1. The SMILES string of the molecule is CCC(=O)OCC(=O)[C@]1(OC(=O)CC)[C@@H](C)C[C@H]2[C@@H]3CCC4=CC(=O)C=C[C@]4(C)[C@@]3(Cl)[C@H](O)C[C@@]21C. The number of halogens is 1. The summed E-state index contributed by atoms with van der Waals surface area (Å²) in [6, 6.07) is 0. The number of fused-ring (bicyclic) bond motifs is 5. The standard InChI is InChI=1S/C28H37ClO7/c1-6-23(33)35-15-22(32)28(36-24(34)7-2)16(3)12-20-19-9-8-17-13-18(30)10-11-25(17,4)27(19,29)21(31)14-26(20,28)5/h10-11,13,16,19-21,31H,6-9,12,14-15H2,1-5H3/t16-,19-,20-,21+,25-,26-,27-,28+/m0/s1. The summed E-state index contributed by atoms with van der Waals surface area (Å²) in [5, 5.41) is 11.8. The number of ether oxygens (including phenoxy) is 2. The molecule has 0 bridgehead atoms. The molecular formula is C28H37ClO7. The number of hydrogen-bond acceptors (Lipinski definition) is 7. The molecule has 0 spiro atoms. The zero-order chi connectivity index (χ0) is 26.7. The Kier molecular flexibility index (Phi) is 6.83. The Morgan fingerprint density at radius 2 is 1.81 bits per heavy atom. The van der Waals surface area contributed by atoms with Crippen LogP contribution in [-0.2, 0) is 28.7 Å². The van der Waals surface area contributed by atoms with Crippen LogP contribution in [0.3, 0.4) is 0 Å². The van der Waals surface area contributed by atoms with Gasteiger partial charge < -0.3 is 14.6 Å². The van der Waals surface area contributed by atoms with Gasteiger partial charge in [-0.1, -0.05) is 46.3 Å². The average molecular weight is 521 g/mol. The molecule has 0 aromatic carbocycles. The number of aliphatic hydroxyl groups excluding tert-OH is 1. The van der Waals surface area contributed by atoms with E-state index >= 15 is 0 Å². The summed E-state index contributed by atoms with van der Waals surface area (Å²) in [5.41, 5.74) is -2.27. The van der Waals surface area contributed by atoms with E-state index in [-0.39, 0.29) is 42.8 Å². The summed E-state index contributed by atoms with van der Waals surface area (Å²) >= 11 is 7.48. The minimum atomic E-state index is -1.55. The van der Waals surface area contributed by atoms with Crippen molar-refractivity contribution in [1.82, 2.24) is 0 Å². The molecule has 3 saturated carbocycles. The lowest BCUT2D eigenvalue weighted by Gasteiger charge is -2.64. The fraction of sp³-hybridized carbons (Fsp3) is 0.714. The minimum absolute atomic E-state index is 0.0801. The van der Waals surface area contributed by atoms with Gasteiger partial charge in [-0.25, -0.2) is 0 Å². The van der Waals surface area contributed by atoms with Crippen LogP contribution in [-0.4, -0.2) is 51.8 Å². The summed E-state index contributed by atoms with van der Waals surface area (Å²) < 4.78 is 11.3. The van der Waals surface area contributed by atoms with Crippen molar-refractivity contribution in [3.8, 4) is 0 Å². The first-order valence-electron chi connectivity index (χ1n) is 13.0. The highest BCUT2D eigenvalue weighted by molar-refractivity contribution is 6.26. The average Bonchev–Trinajstić information content (AvgIpc) is 3.05. The van der Waals surface area contributed by atoms with E-state index in [0.717, 1.165) is 5.57 Å². The maximum atomic E-state index is 13.9. The Labute approximate surface area is 217 Å². The van der Waals surface area contributed by atoms with E-state index < -0.39 is 51.7 Å². The third-order valence-electron chi connectivity index (χ3n) is 9.81. The molecule has 0 aromatic rings. The van der Waals surface area contributed by atoms with E-state index in [2.05, 4.69) is 0 Å². The van der Waals surface area contributed by atoms with Crippen LogP contribution in [0, 0.1) is 28.6 Å². The van der Waals surface area contributed by atoms with Gasteiger partial charge in [-0.3, -0.25) is 19.2 Å². The van der Waals surface area contributed by atoms with Crippen molar-refractivity contribution >= 4 is 35.1 Å². The maximum absolute atomic E-state index is 13.9. The highest BCUT2D eigenvalue weighted by Crippen LogP contribution is 2.72. The van der Waals surface area contributed by atoms with E-state index in [1.807, 2.05) is 26.8 Å². The van der Waals surface area contributed by atoms with Gasteiger partial charge in [0.2, 0.25) is 5.78 Å². The number of allylic oxidation sites excluding steroid dienone is 4. The normalized spacial score (nSPS) is 43.1. The number of carbonyl (C=O) groups is 4. The molecule has 3 fully saturated rings. The molecule has 0 amide bonds. The Morgan fingerprint density at radius 3 is 2.44 bits per heavy atom. The molecule has 36 heavy (non-hydrogen) atoms. The van der Waals surface area contributed by atoms with Gasteiger partial charge in [0, 0.05) is 29.6 Å². The number of aliphatic hydroxyl groups is 1. The molecule has 0 radical (unpaired) electrons. The zero-order valence-electron chi connectivity index (χ0n) is 21.8. The lowest BCUT2D eigenvalue weighted by atomic mass is 9.45. The van der Waals surface area contributed by atoms with Crippen LogP contribution in [0.1, 0.15) is 73.1 Å². The van der Waals surface area contributed by atoms with E-state index in [9.17, 15) is 24.3 Å². The van der Waals surface area contributed by atoms with Crippen LogP contribution in [0.2, 0.25) is 0 Å². The molecule has 4 rings (SSSR count). The van der Waals surface area contributed by atoms with Crippen LogP contribution in [0.5, 0.6) is 0 Å². The quantitative estimate of drug-likeness (QED) is 0.415. The molecule has 198 valence electrons. The number of esters is 2. The number of rotatable bonds is 6. The monoisotopic (exact) mass is 520 g/mol. The molecule has 0 saturated heterocycles. The highest BCUT2D eigenvalue weighted by atomic mass is 35.5. The largest absolute Gasteiger partial charge is 0.457 e. The van der Waals surface area contributed by atoms with Gasteiger partial charge in [-0.2, -0.15) is 0 Å². The van der Waals surface area contributed by atoms with E-state index in [1.54, 1.807) is 19.9 Å². The van der Waals surface area contributed by atoms with Gasteiger partial charge >= 0.3 is 11.9 Å². The topological polar surface area (TPSA) is 107 Å². The first-order valence-corrected chi connectivity index (χ1v) is 13.4. The lowest BCUT2D eigenvalue weighted by Crippen LogP contribution is -2.69. The van der Waals surface area contributed by atoms with Gasteiger partial charge in [-0.05, 0) is 49.7 Å². The second-order valence-electron chi connectivity index (χ2n) is 11.4. The van der Waals surface area contributed by atoms with E-state index in [0.29, 0.717) is 19.3 Å². The molecule has 0 unspecified atom stereocenters. The third kappa shape index (κ3) is 3.48. The zero-order valence-corrected chi connectivity index (χ0v) is 22.5. The second-order valence-corrected chi connectivity index (χ2v) is 12.0. The summed E-state index contributed by atoms with van der Waals surface area (Å²) in [4.78, 5) is 49.5.